The molecule has 0 aromatic heterocycles. The molecular formula is C22H14O3. The van der Waals surface area contributed by atoms with Crippen LogP contribution in [0.5, 0.6) is 11.5 Å². The summed E-state index contributed by atoms with van der Waals surface area (Å²) in [6.07, 6.45) is 0.849. The first kappa shape index (κ1) is 14.1. The molecule has 0 radical (unpaired) electrons. The van der Waals surface area contributed by atoms with E-state index in [1.165, 1.54) is 0 Å². The smallest absolute Gasteiger partial charge is 0.230 e. The number of ether oxygens (including phenoxy) is 2. The monoisotopic (exact) mass is 326 g/mol. The van der Waals surface area contributed by atoms with Crippen LogP contribution in [-0.2, 0) is 0 Å². The Morgan fingerprint density at radius 3 is 2.28 bits per heavy atom. The Morgan fingerprint density at radius 1 is 0.760 bits per heavy atom. The Bertz CT molecular complexity index is 1140. The standard InChI is InChI=1S/C22H14O3/c23-12-16-11-15-6-2-4-8-18(15)21-20-17-7-3-1-5-14(17)9-10-19(20)24-13-25-22(16)21/h1-12H,13H2. The molecule has 3 heteroatoms. The van der Waals surface area contributed by atoms with Gasteiger partial charge in [0, 0.05) is 11.1 Å². The van der Waals surface area contributed by atoms with Crippen LogP contribution in [0.2, 0.25) is 0 Å². The van der Waals surface area contributed by atoms with Crippen molar-refractivity contribution in [2.24, 2.45) is 0 Å². The largest absolute Gasteiger partial charge is 0.457 e. The molecule has 1 aliphatic rings. The summed E-state index contributed by atoms with van der Waals surface area (Å²) in [5, 5.41) is 4.26. The Hall–Kier alpha value is -3.33. The predicted molar refractivity (Wildman–Crippen MR) is 98.4 cm³/mol. The van der Waals surface area contributed by atoms with E-state index in [9.17, 15) is 4.79 Å². The van der Waals surface area contributed by atoms with Gasteiger partial charge in [0.05, 0.1) is 5.56 Å². The van der Waals surface area contributed by atoms with E-state index < -0.39 is 0 Å². The van der Waals surface area contributed by atoms with E-state index in [1.54, 1.807) is 0 Å². The van der Waals surface area contributed by atoms with Crippen LogP contribution in [0.15, 0.2) is 66.7 Å². The van der Waals surface area contributed by atoms with Crippen molar-refractivity contribution in [1.29, 1.82) is 0 Å². The van der Waals surface area contributed by atoms with Crippen molar-refractivity contribution in [3.8, 4) is 22.6 Å². The van der Waals surface area contributed by atoms with Crippen LogP contribution >= 0.6 is 0 Å². The van der Waals surface area contributed by atoms with Gasteiger partial charge in [-0.3, -0.25) is 4.79 Å². The zero-order chi connectivity index (χ0) is 16.8. The highest BCUT2D eigenvalue weighted by Crippen LogP contribution is 2.48. The van der Waals surface area contributed by atoms with Gasteiger partial charge < -0.3 is 9.47 Å². The lowest BCUT2D eigenvalue weighted by molar-refractivity contribution is 0.109. The van der Waals surface area contributed by atoms with Crippen molar-refractivity contribution in [1.82, 2.24) is 0 Å². The lowest BCUT2D eigenvalue weighted by Crippen LogP contribution is -2.05. The zero-order valence-corrected chi connectivity index (χ0v) is 13.4. The summed E-state index contributed by atoms with van der Waals surface area (Å²) in [5.41, 5.74) is 2.44. The fraction of sp³-hybridized carbons (Fsp3) is 0.0455. The van der Waals surface area contributed by atoms with Gasteiger partial charge in [0.25, 0.3) is 0 Å². The topological polar surface area (TPSA) is 35.5 Å². The molecule has 0 spiro atoms. The Labute approximate surface area is 144 Å². The van der Waals surface area contributed by atoms with E-state index in [1.807, 2.05) is 48.5 Å². The lowest BCUT2D eigenvalue weighted by atomic mass is 9.90. The van der Waals surface area contributed by atoms with Gasteiger partial charge in [-0.05, 0) is 33.7 Å². The Morgan fingerprint density at radius 2 is 1.48 bits per heavy atom. The van der Waals surface area contributed by atoms with Crippen LogP contribution < -0.4 is 9.47 Å². The van der Waals surface area contributed by atoms with E-state index in [0.717, 1.165) is 44.7 Å². The van der Waals surface area contributed by atoms with Crippen molar-refractivity contribution in [3.63, 3.8) is 0 Å². The number of rotatable bonds is 1. The minimum absolute atomic E-state index is 0.0809. The predicted octanol–water partition coefficient (Wildman–Crippen LogP) is 5.20. The molecule has 1 heterocycles. The summed E-state index contributed by atoms with van der Waals surface area (Å²) in [5.74, 6) is 1.36. The van der Waals surface area contributed by atoms with Gasteiger partial charge in [-0.1, -0.05) is 54.6 Å². The SMILES string of the molecule is O=Cc1cc2ccccc2c2c1OCOc1ccc3ccccc3c1-2. The maximum Gasteiger partial charge on any atom is 0.230 e. The van der Waals surface area contributed by atoms with Crippen LogP contribution in [0.3, 0.4) is 0 Å². The molecule has 4 aromatic rings. The van der Waals surface area contributed by atoms with Gasteiger partial charge in [0.2, 0.25) is 6.79 Å². The van der Waals surface area contributed by atoms with Crippen LogP contribution in [0.1, 0.15) is 10.4 Å². The third-order valence-corrected chi connectivity index (χ3v) is 4.72. The molecule has 5 rings (SSSR count). The molecule has 0 atom stereocenters. The van der Waals surface area contributed by atoms with Crippen LogP contribution in [0.4, 0.5) is 0 Å². The first-order valence-electron chi connectivity index (χ1n) is 8.15. The van der Waals surface area contributed by atoms with E-state index in [-0.39, 0.29) is 6.79 Å². The maximum atomic E-state index is 11.7. The second-order valence-corrected chi connectivity index (χ2v) is 6.08. The van der Waals surface area contributed by atoms with Gasteiger partial charge in [0.1, 0.15) is 11.5 Å². The molecule has 0 unspecified atom stereocenters. The molecule has 1 aliphatic heterocycles. The first-order valence-corrected chi connectivity index (χ1v) is 8.15. The zero-order valence-electron chi connectivity index (χ0n) is 13.4. The Kier molecular flexibility index (Phi) is 3.01. The van der Waals surface area contributed by atoms with Crippen molar-refractivity contribution < 1.29 is 14.3 Å². The molecule has 0 amide bonds. The second-order valence-electron chi connectivity index (χ2n) is 6.08. The van der Waals surface area contributed by atoms with Crippen LogP contribution in [-0.4, -0.2) is 13.1 Å². The highest BCUT2D eigenvalue weighted by Gasteiger charge is 2.24. The lowest BCUT2D eigenvalue weighted by Gasteiger charge is -2.15. The Balaban J connectivity index is 2.04. The van der Waals surface area contributed by atoms with E-state index >= 15 is 0 Å². The van der Waals surface area contributed by atoms with Crippen molar-refractivity contribution in [2.45, 2.75) is 0 Å². The highest BCUT2D eigenvalue weighted by molar-refractivity contribution is 6.12. The average molecular weight is 326 g/mol. The van der Waals surface area contributed by atoms with E-state index in [2.05, 4.69) is 18.2 Å². The van der Waals surface area contributed by atoms with Gasteiger partial charge in [-0.15, -0.1) is 0 Å². The normalized spacial score (nSPS) is 12.6. The molecule has 0 saturated carbocycles. The van der Waals surface area contributed by atoms with Gasteiger partial charge in [-0.25, -0.2) is 0 Å². The number of fused-ring (bicyclic) bond motifs is 7. The molecule has 0 fully saturated rings. The third-order valence-electron chi connectivity index (χ3n) is 4.72. The number of carbonyl (C=O) groups excluding carboxylic acids is 1. The van der Waals surface area contributed by atoms with Crippen LogP contribution in [0, 0.1) is 0 Å². The van der Waals surface area contributed by atoms with E-state index in [4.69, 9.17) is 9.47 Å². The fourth-order valence-electron chi connectivity index (χ4n) is 3.62. The summed E-state index contributed by atoms with van der Waals surface area (Å²) < 4.78 is 11.7. The molecule has 3 nitrogen and oxygen atoms in total. The molecule has 0 aliphatic carbocycles. The van der Waals surface area contributed by atoms with Gasteiger partial charge >= 0.3 is 0 Å². The summed E-state index contributed by atoms with van der Waals surface area (Å²) in [6, 6.07) is 22.1. The summed E-state index contributed by atoms with van der Waals surface area (Å²) in [7, 11) is 0. The first-order chi connectivity index (χ1) is 12.4. The summed E-state index contributed by atoms with van der Waals surface area (Å²) in [6.45, 7) is 0.0809. The summed E-state index contributed by atoms with van der Waals surface area (Å²) in [4.78, 5) is 11.7. The maximum absolute atomic E-state index is 11.7. The quantitative estimate of drug-likeness (QED) is 0.451. The highest BCUT2D eigenvalue weighted by atomic mass is 16.7. The van der Waals surface area contributed by atoms with Crippen molar-refractivity contribution >= 4 is 27.8 Å². The number of carbonyl (C=O) groups is 1. The minimum Gasteiger partial charge on any atom is -0.457 e. The summed E-state index contributed by atoms with van der Waals surface area (Å²) >= 11 is 0. The molecular weight excluding hydrogens is 312 g/mol. The van der Waals surface area contributed by atoms with Crippen LogP contribution in [0.25, 0.3) is 32.7 Å². The number of benzene rings is 4. The van der Waals surface area contributed by atoms with Gasteiger partial charge in [0.15, 0.2) is 6.29 Å². The van der Waals surface area contributed by atoms with Crippen molar-refractivity contribution in [3.05, 3.63) is 72.3 Å². The molecule has 4 aromatic carbocycles. The molecule has 0 bridgehead atoms. The number of aldehydes is 1. The van der Waals surface area contributed by atoms with E-state index in [0.29, 0.717) is 11.3 Å². The molecule has 0 saturated heterocycles. The van der Waals surface area contributed by atoms with Gasteiger partial charge in [-0.2, -0.15) is 0 Å². The molecule has 0 N–H and O–H groups in total. The number of hydrogen-bond donors (Lipinski definition) is 0. The average Bonchev–Trinajstić information content (AvgIpc) is 2.87. The molecule has 120 valence electrons. The number of hydrogen-bond acceptors (Lipinski definition) is 3. The van der Waals surface area contributed by atoms with Crippen molar-refractivity contribution in [2.75, 3.05) is 6.79 Å². The second kappa shape index (κ2) is 5.35. The minimum atomic E-state index is 0.0809. The third kappa shape index (κ3) is 2.02. The molecule has 25 heavy (non-hydrogen) atoms. The fourth-order valence-corrected chi connectivity index (χ4v) is 3.62.